The lowest BCUT2D eigenvalue weighted by molar-refractivity contribution is 0.434. The standard InChI is InChI=1S/C12H8O5/c1-5-2-9(15)16-12-10(5)7-3-6(13)4-8(14)11(7)17-12/h2-4,13-14H,1H3. The maximum atomic E-state index is 11.2. The first-order chi connectivity index (χ1) is 8.06. The molecule has 0 aliphatic heterocycles. The predicted octanol–water partition coefficient (Wildman–Crippen LogP) is 2.26. The second kappa shape index (κ2) is 3.04. The molecule has 3 aromatic rings. The lowest BCUT2D eigenvalue weighted by Gasteiger charge is -1.96. The van der Waals surface area contributed by atoms with Gasteiger partial charge in [-0.05, 0) is 18.6 Å². The van der Waals surface area contributed by atoms with Crippen LogP contribution in [0.25, 0.3) is 22.1 Å². The van der Waals surface area contributed by atoms with Gasteiger partial charge >= 0.3 is 11.4 Å². The van der Waals surface area contributed by atoms with E-state index >= 15 is 0 Å². The molecule has 17 heavy (non-hydrogen) atoms. The summed E-state index contributed by atoms with van der Waals surface area (Å²) >= 11 is 0. The van der Waals surface area contributed by atoms with Crippen LogP contribution in [-0.4, -0.2) is 10.2 Å². The molecule has 5 heteroatoms. The molecule has 0 atom stereocenters. The molecule has 1 aromatic carbocycles. The van der Waals surface area contributed by atoms with E-state index in [9.17, 15) is 15.0 Å². The molecular formula is C12H8O5. The number of phenols is 2. The molecule has 86 valence electrons. The molecule has 0 radical (unpaired) electrons. The third kappa shape index (κ3) is 1.29. The summed E-state index contributed by atoms with van der Waals surface area (Å²) in [5.74, 6) is -0.229. The molecule has 0 bridgehead atoms. The average Bonchev–Trinajstić information content (AvgIpc) is 2.56. The number of hydrogen-bond acceptors (Lipinski definition) is 5. The van der Waals surface area contributed by atoms with Gasteiger partial charge in [-0.1, -0.05) is 0 Å². The predicted molar refractivity (Wildman–Crippen MR) is 60.3 cm³/mol. The smallest absolute Gasteiger partial charge is 0.338 e. The number of aryl methyl sites for hydroxylation is 1. The van der Waals surface area contributed by atoms with E-state index in [0.717, 1.165) is 6.07 Å². The van der Waals surface area contributed by atoms with Crippen molar-refractivity contribution < 1.29 is 19.0 Å². The molecule has 0 fully saturated rings. The zero-order valence-electron chi connectivity index (χ0n) is 8.85. The Labute approximate surface area is 94.5 Å². The molecule has 2 heterocycles. The zero-order valence-corrected chi connectivity index (χ0v) is 8.85. The van der Waals surface area contributed by atoms with E-state index in [1.165, 1.54) is 12.1 Å². The highest BCUT2D eigenvalue weighted by Crippen LogP contribution is 2.37. The lowest BCUT2D eigenvalue weighted by Crippen LogP contribution is -1.96. The number of furan rings is 1. The Balaban J connectivity index is 2.65. The summed E-state index contributed by atoms with van der Waals surface area (Å²) in [6.45, 7) is 1.73. The van der Waals surface area contributed by atoms with Crippen molar-refractivity contribution in [2.75, 3.05) is 0 Å². The molecule has 0 aliphatic rings. The van der Waals surface area contributed by atoms with Crippen molar-refractivity contribution in [1.29, 1.82) is 0 Å². The van der Waals surface area contributed by atoms with E-state index in [-0.39, 0.29) is 22.9 Å². The Bertz CT molecular complexity index is 794. The Morgan fingerprint density at radius 1 is 1.12 bits per heavy atom. The van der Waals surface area contributed by atoms with E-state index in [0.29, 0.717) is 16.3 Å². The summed E-state index contributed by atoms with van der Waals surface area (Å²) in [5.41, 5.74) is 0.341. The van der Waals surface area contributed by atoms with Crippen molar-refractivity contribution in [3.05, 3.63) is 34.2 Å². The number of hydrogen-bond donors (Lipinski definition) is 2. The number of aromatic hydroxyl groups is 2. The third-order valence-electron chi connectivity index (χ3n) is 2.64. The van der Waals surface area contributed by atoms with Crippen molar-refractivity contribution in [1.82, 2.24) is 0 Å². The number of fused-ring (bicyclic) bond motifs is 3. The minimum Gasteiger partial charge on any atom is -0.508 e. The van der Waals surface area contributed by atoms with Gasteiger partial charge in [0.25, 0.3) is 0 Å². The van der Waals surface area contributed by atoms with E-state index in [1.54, 1.807) is 6.92 Å². The van der Waals surface area contributed by atoms with Crippen molar-refractivity contribution >= 4 is 22.1 Å². The van der Waals surface area contributed by atoms with Crippen molar-refractivity contribution in [2.45, 2.75) is 6.92 Å². The third-order valence-corrected chi connectivity index (χ3v) is 2.64. The van der Waals surface area contributed by atoms with Crippen molar-refractivity contribution in [3.63, 3.8) is 0 Å². The highest BCUT2D eigenvalue weighted by atomic mass is 16.5. The van der Waals surface area contributed by atoms with Crippen LogP contribution in [0.1, 0.15) is 5.56 Å². The maximum Gasteiger partial charge on any atom is 0.338 e. The Morgan fingerprint density at radius 3 is 2.65 bits per heavy atom. The van der Waals surface area contributed by atoms with Gasteiger partial charge < -0.3 is 19.0 Å². The first-order valence-electron chi connectivity index (χ1n) is 4.95. The van der Waals surface area contributed by atoms with E-state index in [4.69, 9.17) is 8.83 Å². The van der Waals surface area contributed by atoms with Gasteiger partial charge in [0.15, 0.2) is 11.3 Å². The minimum absolute atomic E-state index is 0.0471. The molecule has 0 unspecified atom stereocenters. The van der Waals surface area contributed by atoms with Gasteiger partial charge in [-0.2, -0.15) is 0 Å². The van der Waals surface area contributed by atoms with Crippen LogP contribution in [0.2, 0.25) is 0 Å². The molecular weight excluding hydrogens is 224 g/mol. The molecule has 3 rings (SSSR count). The Hall–Kier alpha value is -2.43. The fourth-order valence-corrected chi connectivity index (χ4v) is 1.96. The van der Waals surface area contributed by atoms with Crippen LogP contribution in [0, 0.1) is 6.92 Å². The van der Waals surface area contributed by atoms with Crippen LogP contribution in [0.3, 0.4) is 0 Å². The summed E-state index contributed by atoms with van der Waals surface area (Å²) in [7, 11) is 0. The second-order valence-electron chi connectivity index (χ2n) is 3.85. The first kappa shape index (κ1) is 9.77. The topological polar surface area (TPSA) is 83.8 Å². The van der Waals surface area contributed by atoms with Gasteiger partial charge in [-0.15, -0.1) is 0 Å². The summed E-state index contributed by atoms with van der Waals surface area (Å²) in [6.07, 6.45) is 0. The number of rotatable bonds is 0. The Kier molecular flexibility index (Phi) is 1.75. The fourth-order valence-electron chi connectivity index (χ4n) is 1.96. The van der Waals surface area contributed by atoms with Gasteiger partial charge in [-0.25, -0.2) is 4.79 Å². The van der Waals surface area contributed by atoms with Gasteiger partial charge in [0.05, 0.1) is 5.39 Å². The van der Waals surface area contributed by atoms with Crippen LogP contribution in [0.4, 0.5) is 0 Å². The van der Waals surface area contributed by atoms with Gasteiger partial charge in [0.2, 0.25) is 0 Å². The molecule has 0 spiro atoms. The van der Waals surface area contributed by atoms with Crippen molar-refractivity contribution in [2.24, 2.45) is 0 Å². The van der Waals surface area contributed by atoms with Gasteiger partial charge in [0, 0.05) is 17.5 Å². The summed E-state index contributed by atoms with van der Waals surface area (Å²) in [6, 6.07) is 3.95. The number of phenolic OH excluding ortho intramolecular Hbond substituents is 2. The van der Waals surface area contributed by atoms with Gasteiger partial charge in [-0.3, -0.25) is 0 Å². The fraction of sp³-hybridized carbons (Fsp3) is 0.0833. The quantitative estimate of drug-likeness (QED) is 0.621. The highest BCUT2D eigenvalue weighted by molar-refractivity contribution is 6.07. The molecule has 0 amide bonds. The van der Waals surface area contributed by atoms with Crippen LogP contribution in [0.15, 0.2) is 31.8 Å². The van der Waals surface area contributed by atoms with Gasteiger partial charge in [0.1, 0.15) is 5.75 Å². The summed E-state index contributed by atoms with van der Waals surface area (Å²) < 4.78 is 10.2. The second-order valence-corrected chi connectivity index (χ2v) is 3.85. The Morgan fingerprint density at radius 2 is 1.88 bits per heavy atom. The normalized spacial score (nSPS) is 11.4. The lowest BCUT2D eigenvalue weighted by atomic mass is 10.1. The molecule has 0 aliphatic carbocycles. The van der Waals surface area contributed by atoms with E-state index < -0.39 is 5.63 Å². The monoisotopic (exact) mass is 232 g/mol. The first-order valence-corrected chi connectivity index (χ1v) is 4.95. The molecule has 2 aromatic heterocycles. The molecule has 2 N–H and O–H groups in total. The SMILES string of the molecule is Cc1cc(=O)oc2oc3c(O)cc(O)cc3c12. The van der Waals surface area contributed by atoms with Crippen LogP contribution in [-0.2, 0) is 0 Å². The van der Waals surface area contributed by atoms with E-state index in [1.807, 2.05) is 0 Å². The molecule has 0 saturated carbocycles. The molecule has 5 nitrogen and oxygen atoms in total. The number of benzene rings is 1. The highest BCUT2D eigenvalue weighted by Gasteiger charge is 2.16. The van der Waals surface area contributed by atoms with Crippen molar-refractivity contribution in [3.8, 4) is 11.5 Å². The molecule has 0 saturated heterocycles. The van der Waals surface area contributed by atoms with Crippen LogP contribution in [0.5, 0.6) is 11.5 Å². The summed E-state index contributed by atoms with van der Waals surface area (Å²) in [4.78, 5) is 11.2. The van der Waals surface area contributed by atoms with E-state index in [2.05, 4.69) is 0 Å². The minimum atomic E-state index is -0.516. The summed E-state index contributed by atoms with van der Waals surface area (Å²) in [5, 5.41) is 20.2. The largest absolute Gasteiger partial charge is 0.508 e. The van der Waals surface area contributed by atoms with Crippen LogP contribution >= 0.6 is 0 Å². The van der Waals surface area contributed by atoms with Crippen LogP contribution < -0.4 is 5.63 Å². The average molecular weight is 232 g/mol. The maximum absolute atomic E-state index is 11.2. The zero-order chi connectivity index (χ0) is 12.2.